The molecule has 0 bridgehead atoms. The van der Waals surface area contributed by atoms with E-state index in [0.29, 0.717) is 55.0 Å². The van der Waals surface area contributed by atoms with Crippen LogP contribution in [0.5, 0.6) is 0 Å². The summed E-state index contributed by atoms with van der Waals surface area (Å²) in [5, 5.41) is 0. The van der Waals surface area contributed by atoms with Gasteiger partial charge >= 0.3 is 5.97 Å². The van der Waals surface area contributed by atoms with E-state index in [9.17, 15) is 13.2 Å². The van der Waals surface area contributed by atoms with E-state index < -0.39 is 16.0 Å². The monoisotopic (exact) mass is 418 g/mol. The molecule has 26 heavy (non-hydrogen) atoms. The van der Waals surface area contributed by atoms with Crippen molar-refractivity contribution in [3.63, 3.8) is 0 Å². The van der Waals surface area contributed by atoms with Gasteiger partial charge in [0, 0.05) is 26.2 Å². The Morgan fingerprint density at radius 1 is 1.27 bits per heavy atom. The molecule has 0 atom stereocenters. The Morgan fingerprint density at radius 2 is 2.00 bits per heavy atom. The highest BCUT2D eigenvalue weighted by Gasteiger charge is 2.30. The summed E-state index contributed by atoms with van der Waals surface area (Å²) in [6.45, 7) is 4.30. The largest absolute Gasteiger partial charge is 0.467 e. The Balaban J connectivity index is 1.61. The lowest BCUT2D eigenvalue weighted by Gasteiger charge is -2.33. The molecule has 1 aliphatic rings. The Hall–Kier alpha value is -1.39. The van der Waals surface area contributed by atoms with Gasteiger partial charge in [0.25, 0.3) is 10.0 Å². The molecule has 0 aliphatic carbocycles. The molecule has 10 heteroatoms. The summed E-state index contributed by atoms with van der Waals surface area (Å²) in [6.07, 6.45) is 1.46. The van der Waals surface area contributed by atoms with Gasteiger partial charge in [-0.15, -0.1) is 11.3 Å². The van der Waals surface area contributed by atoms with Crippen LogP contribution >= 0.6 is 22.9 Å². The molecule has 0 radical (unpaired) electrons. The lowest BCUT2D eigenvalue weighted by molar-refractivity contribution is 0.0521. The van der Waals surface area contributed by atoms with Crippen LogP contribution < -0.4 is 0 Å². The third-order valence-corrected chi connectivity index (χ3v) is 7.68. The predicted octanol–water partition coefficient (Wildman–Crippen LogP) is 2.68. The molecule has 142 valence electrons. The first-order chi connectivity index (χ1) is 12.4. The highest BCUT2D eigenvalue weighted by Crippen LogP contribution is 2.28. The third-order valence-electron chi connectivity index (χ3n) is 4.08. The maximum Gasteiger partial charge on any atom is 0.341 e. The number of halogens is 1. The van der Waals surface area contributed by atoms with E-state index in [4.69, 9.17) is 20.8 Å². The number of ether oxygens (including phenoxy) is 1. The van der Waals surface area contributed by atoms with Crippen LogP contribution in [0.15, 0.2) is 33.1 Å². The standard InChI is InChI=1S/C16H19ClN2O5S2/c1-2-23-16(20)12-5-10-24-13(12)11-18-6-8-19(9-7-18)26(21,22)15-4-3-14(17)25-15/h3-5,10H,2,6-9,11H2,1H3. The molecule has 0 amide bonds. The summed E-state index contributed by atoms with van der Waals surface area (Å²) >= 11 is 6.91. The highest BCUT2D eigenvalue weighted by atomic mass is 35.5. The topological polar surface area (TPSA) is 80.1 Å². The van der Waals surface area contributed by atoms with Crippen molar-refractivity contribution in [2.24, 2.45) is 0 Å². The quantitative estimate of drug-likeness (QED) is 0.671. The van der Waals surface area contributed by atoms with E-state index >= 15 is 0 Å². The average Bonchev–Trinajstić information content (AvgIpc) is 3.25. The second-order valence-corrected chi connectivity index (χ2v) is 9.60. The number of thiophene rings is 1. The fourth-order valence-electron chi connectivity index (χ4n) is 2.75. The molecule has 2 aromatic heterocycles. The van der Waals surface area contributed by atoms with Gasteiger partial charge in [0.2, 0.25) is 0 Å². The molecule has 0 aromatic carbocycles. The normalized spacial score (nSPS) is 16.7. The molecule has 0 N–H and O–H groups in total. The molecule has 2 aromatic rings. The lowest BCUT2D eigenvalue weighted by atomic mass is 10.2. The molecular formula is C16H19ClN2O5S2. The van der Waals surface area contributed by atoms with Crippen LogP contribution in [0.1, 0.15) is 23.0 Å². The van der Waals surface area contributed by atoms with Crippen LogP contribution in [0.25, 0.3) is 0 Å². The number of rotatable bonds is 6. The summed E-state index contributed by atoms with van der Waals surface area (Å²) in [5.74, 6) is 0.122. The number of nitrogens with zero attached hydrogens (tertiary/aromatic N) is 2. The number of sulfonamides is 1. The van der Waals surface area contributed by atoms with Gasteiger partial charge in [0.1, 0.15) is 15.5 Å². The summed E-state index contributed by atoms with van der Waals surface area (Å²) in [7, 11) is -3.51. The Kier molecular flexibility index (Phi) is 6.03. The van der Waals surface area contributed by atoms with Crippen molar-refractivity contribution in [1.29, 1.82) is 0 Å². The second-order valence-electron chi connectivity index (χ2n) is 5.72. The minimum absolute atomic E-state index is 0.256. The van der Waals surface area contributed by atoms with E-state index in [1.54, 1.807) is 19.1 Å². The first kappa shape index (κ1) is 19.4. The van der Waals surface area contributed by atoms with E-state index in [-0.39, 0.29) is 4.21 Å². The fraction of sp³-hybridized carbons (Fsp3) is 0.438. The summed E-state index contributed by atoms with van der Waals surface area (Å²) in [4.78, 5) is 14.0. The van der Waals surface area contributed by atoms with Gasteiger partial charge in [-0.05, 0) is 25.1 Å². The fourth-order valence-corrected chi connectivity index (χ4v) is 5.81. The molecule has 1 aliphatic heterocycles. The molecule has 1 saturated heterocycles. The molecule has 1 fully saturated rings. The Morgan fingerprint density at radius 3 is 2.62 bits per heavy atom. The van der Waals surface area contributed by atoms with Crippen LogP contribution in [0.4, 0.5) is 0 Å². The van der Waals surface area contributed by atoms with E-state index in [1.165, 1.54) is 16.6 Å². The van der Waals surface area contributed by atoms with E-state index in [1.807, 2.05) is 0 Å². The number of esters is 1. The maximum atomic E-state index is 12.6. The molecular weight excluding hydrogens is 400 g/mol. The Bertz CT molecular complexity index is 869. The summed E-state index contributed by atoms with van der Waals surface area (Å²) < 4.78 is 37.8. The number of hydrogen-bond donors (Lipinski definition) is 0. The van der Waals surface area contributed by atoms with Crippen molar-refractivity contribution in [3.05, 3.63) is 40.1 Å². The molecule has 0 saturated carbocycles. The van der Waals surface area contributed by atoms with Gasteiger partial charge in [-0.25, -0.2) is 13.2 Å². The zero-order valence-corrected chi connectivity index (χ0v) is 16.6. The number of carbonyl (C=O) groups excluding carboxylic acids is 1. The smallest absolute Gasteiger partial charge is 0.341 e. The van der Waals surface area contributed by atoms with Gasteiger partial charge < -0.3 is 9.15 Å². The highest BCUT2D eigenvalue weighted by molar-refractivity contribution is 7.91. The first-order valence-corrected chi connectivity index (χ1v) is 10.8. The number of furan rings is 1. The van der Waals surface area contributed by atoms with Crippen molar-refractivity contribution in [1.82, 2.24) is 9.21 Å². The predicted molar refractivity (Wildman–Crippen MR) is 98.0 cm³/mol. The van der Waals surface area contributed by atoms with Crippen molar-refractivity contribution >= 4 is 38.9 Å². The maximum absolute atomic E-state index is 12.6. The van der Waals surface area contributed by atoms with Crippen LogP contribution in [0.2, 0.25) is 4.34 Å². The minimum Gasteiger partial charge on any atom is -0.467 e. The third kappa shape index (κ3) is 4.12. The van der Waals surface area contributed by atoms with Gasteiger partial charge in [-0.1, -0.05) is 11.6 Å². The molecule has 3 heterocycles. The summed E-state index contributed by atoms with van der Waals surface area (Å²) in [6, 6.07) is 4.71. The van der Waals surface area contributed by atoms with Crippen molar-refractivity contribution in [2.75, 3.05) is 32.8 Å². The minimum atomic E-state index is -3.51. The van der Waals surface area contributed by atoms with Gasteiger partial charge in [0.15, 0.2) is 0 Å². The average molecular weight is 419 g/mol. The van der Waals surface area contributed by atoms with Gasteiger partial charge in [-0.3, -0.25) is 4.90 Å². The zero-order chi connectivity index (χ0) is 18.7. The molecule has 3 rings (SSSR count). The van der Waals surface area contributed by atoms with Crippen LogP contribution in [-0.4, -0.2) is 56.4 Å². The molecule has 0 spiro atoms. The number of piperazine rings is 1. The van der Waals surface area contributed by atoms with Crippen molar-refractivity contribution in [2.45, 2.75) is 17.7 Å². The van der Waals surface area contributed by atoms with Gasteiger partial charge in [0.05, 0.1) is 23.8 Å². The SMILES string of the molecule is CCOC(=O)c1ccoc1CN1CCN(S(=O)(=O)c2ccc(Cl)s2)CC1. The number of hydrogen-bond acceptors (Lipinski definition) is 7. The molecule has 0 unspecified atom stereocenters. The second kappa shape index (κ2) is 8.10. The van der Waals surface area contributed by atoms with Crippen molar-refractivity contribution in [3.8, 4) is 0 Å². The lowest BCUT2D eigenvalue weighted by Crippen LogP contribution is -2.48. The Labute approximate surface area is 161 Å². The first-order valence-electron chi connectivity index (χ1n) is 8.13. The van der Waals surface area contributed by atoms with Crippen molar-refractivity contribution < 1.29 is 22.4 Å². The van der Waals surface area contributed by atoms with Crippen LogP contribution in [0.3, 0.4) is 0 Å². The molecule has 7 nitrogen and oxygen atoms in total. The van der Waals surface area contributed by atoms with Gasteiger partial charge in [-0.2, -0.15) is 4.31 Å². The van der Waals surface area contributed by atoms with Crippen LogP contribution in [0, 0.1) is 0 Å². The van der Waals surface area contributed by atoms with Crippen LogP contribution in [-0.2, 0) is 21.3 Å². The summed E-state index contributed by atoms with van der Waals surface area (Å²) in [5.41, 5.74) is 0.412. The zero-order valence-electron chi connectivity index (χ0n) is 14.2. The van der Waals surface area contributed by atoms with E-state index in [0.717, 1.165) is 11.3 Å². The number of carbonyl (C=O) groups is 1. The van der Waals surface area contributed by atoms with E-state index in [2.05, 4.69) is 4.90 Å².